The maximum Gasteiger partial charge on any atom is 0.245 e. The molecule has 1 atom stereocenters. The van der Waals surface area contributed by atoms with Gasteiger partial charge in [0.15, 0.2) is 0 Å². The van der Waals surface area contributed by atoms with Crippen LogP contribution in [0.4, 0.5) is 0 Å². The number of nitrogens with one attached hydrogen (secondary N) is 1. The predicted molar refractivity (Wildman–Crippen MR) is 122 cm³/mol. The number of halogens is 1. The zero-order valence-electron chi connectivity index (χ0n) is 18.0. The lowest BCUT2D eigenvalue weighted by Gasteiger charge is -2.35. The van der Waals surface area contributed by atoms with Gasteiger partial charge in [-0.05, 0) is 60.1 Å². The Kier molecular flexibility index (Phi) is 7.70. The van der Waals surface area contributed by atoms with Gasteiger partial charge in [-0.25, -0.2) is 0 Å². The predicted octanol–water partition coefficient (Wildman–Crippen LogP) is 4.30. The van der Waals surface area contributed by atoms with E-state index in [4.69, 9.17) is 16.9 Å². The fraction of sp³-hybridized carbons (Fsp3) is 0.400. The SMILES string of the molecule is CC(C)[C@@H](NC(=O)Cc1ccc(C#N)cc1)C(=O)N1CCC(c2ccc(Cl)cc2)CC1. The van der Waals surface area contributed by atoms with Gasteiger partial charge in [0.05, 0.1) is 18.1 Å². The van der Waals surface area contributed by atoms with E-state index in [1.165, 1.54) is 5.56 Å². The van der Waals surface area contributed by atoms with Crippen LogP contribution in [-0.4, -0.2) is 35.8 Å². The second kappa shape index (κ2) is 10.5. The average molecular weight is 438 g/mol. The molecule has 1 N–H and O–H groups in total. The maximum absolute atomic E-state index is 13.2. The van der Waals surface area contributed by atoms with Crippen LogP contribution in [0.2, 0.25) is 5.02 Å². The van der Waals surface area contributed by atoms with Crippen molar-refractivity contribution in [3.05, 3.63) is 70.2 Å². The van der Waals surface area contributed by atoms with Crippen molar-refractivity contribution in [1.29, 1.82) is 5.26 Å². The molecule has 5 nitrogen and oxygen atoms in total. The molecule has 31 heavy (non-hydrogen) atoms. The summed E-state index contributed by atoms with van der Waals surface area (Å²) in [6, 6.07) is 16.4. The molecule has 0 bridgehead atoms. The van der Waals surface area contributed by atoms with E-state index in [2.05, 4.69) is 23.5 Å². The lowest BCUT2D eigenvalue weighted by molar-refractivity contribution is -0.138. The molecule has 1 saturated heterocycles. The molecular formula is C25H28ClN3O2. The topological polar surface area (TPSA) is 73.2 Å². The highest BCUT2D eigenvalue weighted by Gasteiger charge is 2.31. The third-order valence-electron chi connectivity index (χ3n) is 5.84. The van der Waals surface area contributed by atoms with Crippen LogP contribution in [0.3, 0.4) is 0 Å². The van der Waals surface area contributed by atoms with E-state index in [0.717, 1.165) is 23.4 Å². The van der Waals surface area contributed by atoms with E-state index in [1.54, 1.807) is 24.3 Å². The fourth-order valence-corrected chi connectivity index (χ4v) is 4.11. The summed E-state index contributed by atoms with van der Waals surface area (Å²) < 4.78 is 0. The lowest BCUT2D eigenvalue weighted by Crippen LogP contribution is -2.53. The fourth-order valence-electron chi connectivity index (χ4n) is 3.99. The minimum Gasteiger partial charge on any atom is -0.344 e. The number of likely N-dealkylation sites (tertiary alicyclic amines) is 1. The third-order valence-corrected chi connectivity index (χ3v) is 6.10. The van der Waals surface area contributed by atoms with Gasteiger partial charge in [0, 0.05) is 18.1 Å². The summed E-state index contributed by atoms with van der Waals surface area (Å²) in [4.78, 5) is 27.6. The van der Waals surface area contributed by atoms with E-state index >= 15 is 0 Å². The van der Waals surface area contributed by atoms with Crippen molar-refractivity contribution >= 4 is 23.4 Å². The first kappa shape index (κ1) is 22.8. The number of carbonyl (C=O) groups excluding carboxylic acids is 2. The third kappa shape index (κ3) is 6.08. The van der Waals surface area contributed by atoms with Gasteiger partial charge in [-0.3, -0.25) is 9.59 Å². The summed E-state index contributed by atoms with van der Waals surface area (Å²) in [6.45, 7) is 5.26. The first-order valence-corrected chi connectivity index (χ1v) is 11.1. The van der Waals surface area contributed by atoms with Crippen molar-refractivity contribution in [2.75, 3.05) is 13.1 Å². The summed E-state index contributed by atoms with van der Waals surface area (Å²) in [7, 11) is 0. The van der Waals surface area contributed by atoms with Crippen LogP contribution in [-0.2, 0) is 16.0 Å². The standard InChI is InChI=1S/C25H28ClN3O2/c1-17(2)24(28-23(30)15-18-3-5-19(16-27)6-4-18)25(31)29-13-11-21(12-14-29)20-7-9-22(26)10-8-20/h3-10,17,21,24H,11-15H2,1-2H3,(H,28,30)/t24-/m1/s1. The molecule has 1 aliphatic rings. The highest BCUT2D eigenvalue weighted by molar-refractivity contribution is 6.30. The average Bonchev–Trinajstić information content (AvgIpc) is 2.78. The van der Waals surface area contributed by atoms with E-state index in [9.17, 15) is 9.59 Å². The monoisotopic (exact) mass is 437 g/mol. The lowest BCUT2D eigenvalue weighted by atomic mass is 9.89. The Hall–Kier alpha value is -2.84. The van der Waals surface area contributed by atoms with Crippen LogP contribution in [0, 0.1) is 17.2 Å². The van der Waals surface area contributed by atoms with Crippen molar-refractivity contribution < 1.29 is 9.59 Å². The van der Waals surface area contributed by atoms with Gasteiger partial charge in [-0.2, -0.15) is 5.26 Å². The van der Waals surface area contributed by atoms with E-state index in [1.807, 2.05) is 30.9 Å². The summed E-state index contributed by atoms with van der Waals surface area (Å²) in [5.41, 5.74) is 2.63. The van der Waals surface area contributed by atoms with Crippen molar-refractivity contribution in [2.24, 2.45) is 5.92 Å². The number of benzene rings is 2. The van der Waals surface area contributed by atoms with Gasteiger partial charge >= 0.3 is 0 Å². The molecule has 1 heterocycles. The summed E-state index contributed by atoms with van der Waals surface area (Å²) in [5.74, 6) is 0.210. The van der Waals surface area contributed by atoms with Crippen LogP contribution in [0.15, 0.2) is 48.5 Å². The minimum absolute atomic E-state index is 0.00796. The smallest absolute Gasteiger partial charge is 0.245 e. The Balaban J connectivity index is 1.56. The normalized spacial score (nSPS) is 15.4. The van der Waals surface area contributed by atoms with Crippen LogP contribution >= 0.6 is 11.6 Å². The molecule has 2 amide bonds. The van der Waals surface area contributed by atoms with Gasteiger partial charge in [0.2, 0.25) is 11.8 Å². The van der Waals surface area contributed by atoms with E-state index < -0.39 is 6.04 Å². The molecule has 0 spiro atoms. The second-order valence-corrected chi connectivity index (χ2v) is 8.86. The molecule has 162 valence electrons. The summed E-state index contributed by atoms with van der Waals surface area (Å²) in [5, 5.41) is 12.6. The molecule has 3 rings (SSSR count). The zero-order chi connectivity index (χ0) is 22.4. The Morgan fingerprint density at radius 2 is 1.71 bits per heavy atom. The number of carbonyl (C=O) groups is 2. The van der Waals surface area contributed by atoms with Gasteiger partial charge in [0.25, 0.3) is 0 Å². The number of nitrogens with zero attached hydrogens (tertiary/aromatic N) is 2. The first-order chi connectivity index (χ1) is 14.9. The van der Waals surface area contributed by atoms with Gasteiger partial charge in [-0.15, -0.1) is 0 Å². The minimum atomic E-state index is -0.544. The summed E-state index contributed by atoms with van der Waals surface area (Å²) in [6.07, 6.45) is 1.98. The van der Waals surface area contributed by atoms with Gasteiger partial charge < -0.3 is 10.2 Å². The van der Waals surface area contributed by atoms with E-state index in [-0.39, 0.29) is 24.2 Å². The quantitative estimate of drug-likeness (QED) is 0.732. The van der Waals surface area contributed by atoms with Crippen molar-refractivity contribution in [1.82, 2.24) is 10.2 Å². The van der Waals surface area contributed by atoms with Crippen molar-refractivity contribution in [2.45, 2.75) is 45.1 Å². The Bertz CT molecular complexity index is 940. The zero-order valence-corrected chi connectivity index (χ0v) is 18.7. The van der Waals surface area contributed by atoms with Crippen LogP contribution < -0.4 is 5.32 Å². The maximum atomic E-state index is 13.2. The largest absolute Gasteiger partial charge is 0.344 e. The molecule has 1 fully saturated rings. The summed E-state index contributed by atoms with van der Waals surface area (Å²) >= 11 is 5.99. The van der Waals surface area contributed by atoms with Gasteiger partial charge in [-0.1, -0.05) is 49.7 Å². The van der Waals surface area contributed by atoms with Crippen molar-refractivity contribution in [3.8, 4) is 6.07 Å². The molecule has 0 aromatic heterocycles. The molecule has 2 aromatic rings. The highest BCUT2D eigenvalue weighted by Crippen LogP contribution is 2.29. The van der Waals surface area contributed by atoms with Gasteiger partial charge in [0.1, 0.15) is 6.04 Å². The number of rotatable bonds is 6. The first-order valence-electron chi connectivity index (χ1n) is 10.7. The molecular weight excluding hydrogens is 410 g/mol. The number of nitriles is 1. The van der Waals surface area contributed by atoms with E-state index in [0.29, 0.717) is 24.6 Å². The Morgan fingerprint density at radius 3 is 2.26 bits per heavy atom. The van der Waals surface area contributed by atoms with Crippen molar-refractivity contribution in [3.63, 3.8) is 0 Å². The van der Waals surface area contributed by atoms with Crippen LogP contribution in [0.1, 0.15) is 49.3 Å². The highest BCUT2D eigenvalue weighted by atomic mass is 35.5. The van der Waals surface area contributed by atoms with Crippen LogP contribution in [0.5, 0.6) is 0 Å². The number of amides is 2. The molecule has 1 aliphatic heterocycles. The Morgan fingerprint density at radius 1 is 1.10 bits per heavy atom. The molecule has 6 heteroatoms. The molecule has 0 unspecified atom stereocenters. The molecule has 2 aromatic carbocycles. The number of piperidine rings is 1. The second-order valence-electron chi connectivity index (χ2n) is 8.43. The number of hydrogen-bond donors (Lipinski definition) is 1. The molecule has 0 radical (unpaired) electrons. The molecule has 0 aliphatic carbocycles. The number of hydrogen-bond acceptors (Lipinski definition) is 3. The Labute approximate surface area is 189 Å². The molecule has 0 saturated carbocycles. The van der Waals surface area contributed by atoms with Crippen LogP contribution in [0.25, 0.3) is 0 Å².